The van der Waals surface area contributed by atoms with E-state index >= 15 is 0 Å². The first kappa shape index (κ1) is 17.4. The third kappa shape index (κ3) is 1.82. The van der Waals surface area contributed by atoms with Crippen molar-refractivity contribution in [1.29, 1.82) is 0 Å². The van der Waals surface area contributed by atoms with Crippen molar-refractivity contribution in [3.63, 3.8) is 0 Å². The van der Waals surface area contributed by atoms with Gasteiger partial charge in [0, 0.05) is 0 Å². The number of hydrogen-bond donors (Lipinski definition) is 1. The van der Waals surface area contributed by atoms with Gasteiger partial charge in [0.1, 0.15) is 0 Å². The molecule has 0 aromatic carbocycles. The third-order valence-corrected chi connectivity index (χ3v) is 4.19. The molecule has 20 heavy (non-hydrogen) atoms. The van der Waals surface area contributed by atoms with Crippen molar-refractivity contribution >= 4 is 0 Å². The maximum Gasteiger partial charge on any atom is 0.418 e. The second-order valence-electron chi connectivity index (χ2n) is 5.14. The second-order valence-corrected chi connectivity index (χ2v) is 5.14. The van der Waals surface area contributed by atoms with Crippen LogP contribution in [-0.2, 0) is 0 Å². The maximum atomic E-state index is 12.9. The highest BCUT2D eigenvalue weighted by Crippen LogP contribution is 2.70. The van der Waals surface area contributed by atoms with Crippen LogP contribution in [0.2, 0.25) is 0 Å². The van der Waals surface area contributed by atoms with E-state index in [-0.39, 0.29) is 0 Å². The largest absolute Gasteiger partial charge is 0.418 e. The number of hydrogen-bond acceptors (Lipinski definition) is 1. The minimum Gasteiger partial charge on any atom is -0.379 e. The van der Waals surface area contributed by atoms with Crippen LogP contribution < -0.4 is 0 Å². The van der Waals surface area contributed by atoms with Gasteiger partial charge in [-0.25, -0.2) is 0 Å². The second kappa shape index (κ2) is 4.17. The van der Waals surface area contributed by atoms with Gasteiger partial charge < -0.3 is 5.11 Å². The van der Waals surface area contributed by atoms with E-state index in [9.17, 15) is 44.6 Å². The predicted octanol–water partition coefficient (Wildman–Crippen LogP) is 4.07. The molecule has 1 rings (SSSR count). The highest BCUT2D eigenvalue weighted by atomic mass is 19.4. The van der Waals surface area contributed by atoms with Gasteiger partial charge in [0.25, 0.3) is 0 Å². The monoisotopic (exact) mass is 318 g/mol. The lowest BCUT2D eigenvalue weighted by atomic mass is 9.69. The zero-order valence-electron chi connectivity index (χ0n) is 10.2. The lowest BCUT2D eigenvalue weighted by Gasteiger charge is -2.46. The van der Waals surface area contributed by atoms with Gasteiger partial charge in [-0.3, -0.25) is 0 Å². The first-order valence-electron chi connectivity index (χ1n) is 5.46. The van der Waals surface area contributed by atoms with Crippen LogP contribution in [0.3, 0.4) is 0 Å². The van der Waals surface area contributed by atoms with Gasteiger partial charge in [-0.1, -0.05) is 13.8 Å². The summed E-state index contributed by atoms with van der Waals surface area (Å²) in [6, 6.07) is 0. The normalized spacial score (nSPS) is 35.4. The lowest BCUT2D eigenvalue weighted by Crippen LogP contribution is -2.69. The topological polar surface area (TPSA) is 20.2 Å². The molecule has 0 amide bonds. The Morgan fingerprint density at radius 1 is 0.800 bits per heavy atom. The Hall–Kier alpha value is -0.670. The van der Waals surface area contributed by atoms with E-state index in [1.165, 1.54) is 0 Å². The van der Waals surface area contributed by atoms with E-state index in [0.717, 1.165) is 6.92 Å². The Morgan fingerprint density at radius 3 is 1.35 bits per heavy atom. The molecular weight excluding hydrogens is 307 g/mol. The molecule has 0 bridgehead atoms. The van der Waals surface area contributed by atoms with Crippen molar-refractivity contribution in [2.24, 2.45) is 17.3 Å². The van der Waals surface area contributed by atoms with Crippen LogP contribution in [0.25, 0.3) is 0 Å². The van der Waals surface area contributed by atoms with E-state index in [4.69, 9.17) is 0 Å². The Bertz CT molecular complexity index is 366. The molecule has 1 nitrogen and oxygen atoms in total. The van der Waals surface area contributed by atoms with E-state index in [1.807, 2.05) is 0 Å². The van der Waals surface area contributed by atoms with Crippen molar-refractivity contribution in [2.75, 3.05) is 0 Å². The van der Waals surface area contributed by atoms with E-state index in [1.54, 1.807) is 0 Å². The van der Waals surface area contributed by atoms with Gasteiger partial charge in [0.2, 0.25) is 0 Å². The number of rotatable bonds is 0. The fourth-order valence-electron chi connectivity index (χ4n) is 2.94. The molecule has 10 heteroatoms. The standard InChI is InChI=1S/C10H11F9O/c1-4-3-6(8(11,12)13,9(14,15)16)7(20,5(4)2)10(17,18)19/h4-5,20H,3H2,1-2H3. The molecule has 0 spiro atoms. The number of alkyl halides is 9. The van der Waals surface area contributed by atoms with Crippen molar-refractivity contribution in [3.05, 3.63) is 0 Å². The SMILES string of the molecule is CC1CC(C(F)(F)F)(C(F)(F)F)C(O)(C(F)(F)F)C1C. The summed E-state index contributed by atoms with van der Waals surface area (Å²) in [6.45, 7) is 1.36. The summed E-state index contributed by atoms with van der Waals surface area (Å²) in [7, 11) is 0. The van der Waals surface area contributed by atoms with E-state index < -0.39 is 47.8 Å². The quantitative estimate of drug-likeness (QED) is 0.668. The van der Waals surface area contributed by atoms with Crippen molar-refractivity contribution < 1.29 is 44.6 Å². The van der Waals surface area contributed by atoms with Crippen molar-refractivity contribution in [2.45, 2.75) is 44.4 Å². The third-order valence-electron chi connectivity index (χ3n) is 4.19. The number of aliphatic hydroxyl groups is 1. The lowest BCUT2D eigenvalue weighted by molar-refractivity contribution is -0.429. The smallest absolute Gasteiger partial charge is 0.379 e. The summed E-state index contributed by atoms with van der Waals surface area (Å²) in [4.78, 5) is 0. The predicted molar refractivity (Wildman–Crippen MR) is 48.5 cm³/mol. The first-order chi connectivity index (χ1) is 8.54. The van der Waals surface area contributed by atoms with Gasteiger partial charge in [-0.2, -0.15) is 39.5 Å². The minimum absolute atomic E-state index is 0.539. The molecule has 1 N–H and O–H groups in total. The summed E-state index contributed by atoms with van der Waals surface area (Å²) in [5.41, 5.74) is -10.1. The molecule has 0 heterocycles. The zero-order chi connectivity index (χ0) is 16.4. The van der Waals surface area contributed by atoms with Crippen LogP contribution in [0.5, 0.6) is 0 Å². The fourth-order valence-corrected chi connectivity index (χ4v) is 2.94. The first-order valence-corrected chi connectivity index (χ1v) is 5.46. The molecule has 0 aromatic heterocycles. The molecule has 0 aliphatic heterocycles. The average molecular weight is 318 g/mol. The summed E-state index contributed by atoms with van der Waals surface area (Å²) in [6.07, 6.45) is -20.5. The molecule has 0 saturated heterocycles. The molecule has 0 aromatic rings. The highest BCUT2D eigenvalue weighted by molar-refractivity contribution is 5.18. The highest BCUT2D eigenvalue weighted by Gasteiger charge is 2.89. The van der Waals surface area contributed by atoms with Crippen LogP contribution >= 0.6 is 0 Å². The molecule has 1 aliphatic rings. The molecule has 1 aliphatic carbocycles. The number of halogens is 9. The minimum atomic E-state index is -6.28. The Morgan fingerprint density at radius 2 is 1.15 bits per heavy atom. The molecular formula is C10H11F9O. The molecule has 3 unspecified atom stereocenters. The van der Waals surface area contributed by atoms with Crippen molar-refractivity contribution in [1.82, 2.24) is 0 Å². The van der Waals surface area contributed by atoms with E-state index in [2.05, 4.69) is 0 Å². The molecule has 0 radical (unpaired) electrons. The Balaban J connectivity index is 3.75. The van der Waals surface area contributed by atoms with Gasteiger partial charge in [0.15, 0.2) is 11.0 Å². The van der Waals surface area contributed by atoms with Gasteiger partial charge in [-0.05, 0) is 18.3 Å². The summed E-state index contributed by atoms with van der Waals surface area (Å²) < 4.78 is 116. The maximum absolute atomic E-state index is 12.9. The Kier molecular flexibility index (Phi) is 3.62. The molecule has 3 atom stereocenters. The van der Waals surface area contributed by atoms with E-state index in [0.29, 0.717) is 6.92 Å². The van der Waals surface area contributed by atoms with Gasteiger partial charge in [-0.15, -0.1) is 0 Å². The van der Waals surface area contributed by atoms with Crippen LogP contribution in [0.1, 0.15) is 20.3 Å². The molecule has 1 fully saturated rings. The van der Waals surface area contributed by atoms with Gasteiger partial charge >= 0.3 is 18.5 Å². The summed E-state index contributed by atoms with van der Waals surface area (Å²) >= 11 is 0. The van der Waals surface area contributed by atoms with Crippen LogP contribution in [0.4, 0.5) is 39.5 Å². The fraction of sp³-hybridized carbons (Fsp3) is 1.00. The molecule has 1 saturated carbocycles. The summed E-state index contributed by atoms with van der Waals surface area (Å²) in [5.74, 6) is -3.85. The van der Waals surface area contributed by atoms with Crippen molar-refractivity contribution in [3.8, 4) is 0 Å². The Labute approximate surface area is 107 Å². The zero-order valence-corrected chi connectivity index (χ0v) is 10.2. The van der Waals surface area contributed by atoms with Gasteiger partial charge in [0.05, 0.1) is 0 Å². The summed E-state index contributed by atoms with van der Waals surface area (Å²) in [5, 5.41) is 9.48. The molecule has 120 valence electrons. The van der Waals surface area contributed by atoms with Crippen LogP contribution in [0.15, 0.2) is 0 Å². The van der Waals surface area contributed by atoms with Crippen LogP contribution in [0, 0.1) is 17.3 Å². The van der Waals surface area contributed by atoms with Crippen LogP contribution in [-0.4, -0.2) is 29.2 Å². The average Bonchev–Trinajstić information content (AvgIpc) is 2.38.